The van der Waals surface area contributed by atoms with Crippen LogP contribution in [0.1, 0.15) is 17.2 Å². The first-order valence-corrected chi connectivity index (χ1v) is 9.34. The van der Waals surface area contributed by atoms with Gasteiger partial charge in [-0.2, -0.15) is 4.68 Å². The third kappa shape index (κ3) is 3.26. The largest absolute Gasteiger partial charge is 0.214 e. The zero-order valence-corrected chi connectivity index (χ0v) is 15.0. The summed E-state index contributed by atoms with van der Waals surface area (Å²) in [6.45, 7) is 3.90. The van der Waals surface area contributed by atoms with Crippen molar-refractivity contribution in [1.82, 2.24) is 20.2 Å². The molecule has 1 aromatic heterocycles. The number of aromatic nitrogens is 4. The van der Waals surface area contributed by atoms with Crippen LogP contribution in [0.3, 0.4) is 0 Å². The molecule has 0 amide bonds. The number of thioether (sulfide) groups is 1. The molecule has 0 N–H and O–H groups in total. The molecule has 0 aliphatic heterocycles. The number of hydrogen-bond acceptors (Lipinski definition) is 4. The fraction of sp³-hybridized carbons (Fsp3) is 0.0952. The van der Waals surface area contributed by atoms with Gasteiger partial charge in [0, 0.05) is 10.6 Å². The molecule has 0 saturated carbocycles. The van der Waals surface area contributed by atoms with Crippen LogP contribution in [0.4, 0.5) is 0 Å². The van der Waals surface area contributed by atoms with Crippen molar-refractivity contribution in [3.8, 4) is 5.69 Å². The normalized spacial score (nSPS) is 12.2. The van der Waals surface area contributed by atoms with E-state index >= 15 is 0 Å². The highest BCUT2D eigenvalue weighted by Crippen LogP contribution is 2.37. The molecule has 0 aliphatic rings. The Labute approximate surface area is 156 Å². The van der Waals surface area contributed by atoms with E-state index in [0.29, 0.717) is 0 Å². The second-order valence-corrected chi connectivity index (χ2v) is 7.08. The smallest absolute Gasteiger partial charge is 0.187 e. The molecule has 0 saturated heterocycles. The van der Waals surface area contributed by atoms with Crippen molar-refractivity contribution in [3.05, 3.63) is 91.0 Å². The van der Waals surface area contributed by atoms with Crippen LogP contribution < -0.4 is 0 Å². The molecule has 1 heterocycles. The van der Waals surface area contributed by atoms with Gasteiger partial charge >= 0.3 is 0 Å². The SMILES string of the molecule is C=CCC(Sc1nnnn1-c1cccc2ccccc12)c1ccccc1. The Bertz CT molecular complexity index is 1020. The summed E-state index contributed by atoms with van der Waals surface area (Å²) in [6, 6.07) is 24.9. The molecule has 0 fully saturated rings. The van der Waals surface area contributed by atoms with Crippen molar-refractivity contribution in [2.24, 2.45) is 0 Å². The number of fused-ring (bicyclic) bond motifs is 1. The van der Waals surface area contributed by atoms with Gasteiger partial charge in [0.25, 0.3) is 0 Å². The maximum Gasteiger partial charge on any atom is 0.214 e. The number of hydrogen-bond donors (Lipinski definition) is 0. The highest BCUT2D eigenvalue weighted by Gasteiger charge is 2.18. The molecule has 1 unspecified atom stereocenters. The van der Waals surface area contributed by atoms with Gasteiger partial charge in [-0.25, -0.2) is 0 Å². The van der Waals surface area contributed by atoms with E-state index < -0.39 is 0 Å². The molecule has 0 spiro atoms. The highest BCUT2D eigenvalue weighted by molar-refractivity contribution is 7.99. The van der Waals surface area contributed by atoms with E-state index in [-0.39, 0.29) is 5.25 Å². The minimum atomic E-state index is 0.216. The number of rotatable bonds is 6. The first kappa shape index (κ1) is 16.5. The fourth-order valence-corrected chi connectivity index (χ4v) is 4.09. The van der Waals surface area contributed by atoms with Crippen LogP contribution in [-0.2, 0) is 0 Å². The van der Waals surface area contributed by atoms with E-state index in [0.717, 1.165) is 22.7 Å². The number of tetrazole rings is 1. The Balaban J connectivity index is 1.73. The number of benzene rings is 3. The van der Waals surface area contributed by atoms with E-state index in [1.807, 2.05) is 41.1 Å². The number of allylic oxidation sites excluding steroid dienone is 1. The molecular formula is C21H18N4S. The molecule has 26 heavy (non-hydrogen) atoms. The van der Waals surface area contributed by atoms with Gasteiger partial charge < -0.3 is 0 Å². The van der Waals surface area contributed by atoms with Gasteiger partial charge in [-0.1, -0.05) is 84.6 Å². The molecule has 0 aliphatic carbocycles. The molecule has 3 aromatic carbocycles. The summed E-state index contributed by atoms with van der Waals surface area (Å²) in [5, 5.41) is 15.7. The van der Waals surface area contributed by atoms with Gasteiger partial charge in [-0.3, -0.25) is 0 Å². The van der Waals surface area contributed by atoms with Crippen LogP contribution in [0.15, 0.2) is 90.6 Å². The Morgan fingerprint density at radius 2 is 1.73 bits per heavy atom. The minimum absolute atomic E-state index is 0.216. The van der Waals surface area contributed by atoms with Gasteiger partial charge in [-0.05, 0) is 33.9 Å². The molecule has 4 nitrogen and oxygen atoms in total. The monoisotopic (exact) mass is 358 g/mol. The van der Waals surface area contributed by atoms with Crippen LogP contribution in [0.25, 0.3) is 16.5 Å². The van der Waals surface area contributed by atoms with Crippen LogP contribution in [0, 0.1) is 0 Å². The Hall–Kier alpha value is -2.92. The van der Waals surface area contributed by atoms with Crippen molar-refractivity contribution in [2.75, 3.05) is 0 Å². The van der Waals surface area contributed by atoms with Crippen LogP contribution >= 0.6 is 11.8 Å². The molecule has 4 aromatic rings. The first-order valence-electron chi connectivity index (χ1n) is 8.46. The summed E-state index contributed by atoms with van der Waals surface area (Å²) >= 11 is 1.66. The molecule has 0 radical (unpaired) electrons. The lowest BCUT2D eigenvalue weighted by Crippen LogP contribution is -2.02. The van der Waals surface area contributed by atoms with Gasteiger partial charge in [-0.15, -0.1) is 11.7 Å². The lowest BCUT2D eigenvalue weighted by molar-refractivity contribution is 0.759. The Morgan fingerprint density at radius 3 is 2.58 bits per heavy atom. The van der Waals surface area contributed by atoms with Crippen LogP contribution in [0.5, 0.6) is 0 Å². The lowest BCUT2D eigenvalue weighted by atomic mass is 10.1. The van der Waals surface area contributed by atoms with E-state index in [1.54, 1.807) is 11.8 Å². The zero-order valence-electron chi connectivity index (χ0n) is 14.2. The summed E-state index contributed by atoms with van der Waals surface area (Å²) in [4.78, 5) is 0. The van der Waals surface area contributed by atoms with Crippen molar-refractivity contribution in [1.29, 1.82) is 0 Å². The molecule has 1 atom stereocenters. The number of nitrogens with zero attached hydrogens (tertiary/aromatic N) is 4. The quantitative estimate of drug-likeness (QED) is 0.350. The second kappa shape index (κ2) is 7.54. The summed E-state index contributed by atoms with van der Waals surface area (Å²) in [6.07, 6.45) is 2.79. The van der Waals surface area contributed by atoms with Gasteiger partial charge in [0.1, 0.15) is 0 Å². The molecular weight excluding hydrogens is 340 g/mol. The maximum absolute atomic E-state index is 4.28. The van der Waals surface area contributed by atoms with E-state index in [1.165, 1.54) is 10.9 Å². The second-order valence-electron chi connectivity index (χ2n) is 5.91. The Kier molecular flexibility index (Phi) is 4.80. The predicted molar refractivity (Wildman–Crippen MR) is 107 cm³/mol. The van der Waals surface area contributed by atoms with Crippen molar-refractivity contribution >= 4 is 22.5 Å². The first-order chi connectivity index (χ1) is 12.9. The summed E-state index contributed by atoms with van der Waals surface area (Å²) in [5.41, 5.74) is 2.23. The highest BCUT2D eigenvalue weighted by atomic mass is 32.2. The summed E-state index contributed by atoms with van der Waals surface area (Å²) in [7, 11) is 0. The zero-order chi connectivity index (χ0) is 17.8. The predicted octanol–water partition coefficient (Wildman–Crippen LogP) is 5.23. The van der Waals surface area contributed by atoms with Crippen LogP contribution in [-0.4, -0.2) is 20.2 Å². The van der Waals surface area contributed by atoms with Crippen molar-refractivity contribution < 1.29 is 0 Å². The fourth-order valence-electron chi connectivity index (χ4n) is 3.00. The van der Waals surface area contributed by atoms with E-state index in [4.69, 9.17) is 0 Å². The van der Waals surface area contributed by atoms with Crippen LogP contribution in [0.2, 0.25) is 0 Å². The maximum atomic E-state index is 4.28. The van der Waals surface area contributed by atoms with Gasteiger partial charge in [0.05, 0.1) is 5.69 Å². The third-order valence-corrected chi connectivity index (χ3v) is 5.45. The van der Waals surface area contributed by atoms with Crippen molar-refractivity contribution in [2.45, 2.75) is 16.8 Å². The standard InChI is InChI=1S/C21H18N4S/c1-2-9-20(17-11-4-3-5-12-17)26-21-22-23-24-25(21)19-15-8-13-16-10-6-7-14-18(16)19/h2-8,10-15,20H,1,9H2. The Morgan fingerprint density at radius 1 is 0.962 bits per heavy atom. The summed E-state index contributed by atoms with van der Waals surface area (Å²) in [5.74, 6) is 0. The summed E-state index contributed by atoms with van der Waals surface area (Å²) < 4.78 is 1.83. The lowest BCUT2D eigenvalue weighted by Gasteiger charge is -2.15. The minimum Gasteiger partial charge on any atom is -0.187 e. The average Bonchev–Trinajstić information content (AvgIpc) is 3.16. The van der Waals surface area contributed by atoms with E-state index in [2.05, 4.69) is 64.6 Å². The van der Waals surface area contributed by atoms with E-state index in [9.17, 15) is 0 Å². The molecule has 4 rings (SSSR count). The third-order valence-electron chi connectivity index (χ3n) is 4.24. The average molecular weight is 358 g/mol. The topological polar surface area (TPSA) is 43.6 Å². The van der Waals surface area contributed by atoms with Gasteiger partial charge in [0.2, 0.25) is 5.16 Å². The molecule has 128 valence electrons. The van der Waals surface area contributed by atoms with Crippen molar-refractivity contribution in [3.63, 3.8) is 0 Å². The van der Waals surface area contributed by atoms with Gasteiger partial charge in [0.15, 0.2) is 0 Å². The molecule has 0 bridgehead atoms. The molecule has 5 heteroatoms.